The van der Waals surface area contributed by atoms with Crippen LogP contribution in [0.5, 0.6) is 11.5 Å². The number of phenols is 1. The minimum absolute atomic E-state index is 0.177. The van der Waals surface area contributed by atoms with Gasteiger partial charge in [-0.15, -0.1) is 16.8 Å². The lowest BCUT2D eigenvalue weighted by Crippen LogP contribution is -2.34. The fourth-order valence-electron chi connectivity index (χ4n) is 3.43. The molecule has 1 fully saturated rings. The maximum atomic E-state index is 9.76. The van der Waals surface area contributed by atoms with Gasteiger partial charge in [-0.05, 0) is 37.1 Å². The minimum atomic E-state index is 0.177. The van der Waals surface area contributed by atoms with Crippen LogP contribution in [0.25, 0.3) is 0 Å². The number of aromatic nitrogens is 3. The molecule has 140 valence electrons. The van der Waals surface area contributed by atoms with E-state index in [0.717, 1.165) is 54.8 Å². The van der Waals surface area contributed by atoms with Gasteiger partial charge in [0, 0.05) is 31.8 Å². The zero-order valence-electron chi connectivity index (χ0n) is 15.4. The monoisotopic (exact) mass is 374 g/mol. The van der Waals surface area contributed by atoms with E-state index in [2.05, 4.69) is 26.2 Å². The fraction of sp³-hybridized carbons (Fsp3) is 0.474. The van der Waals surface area contributed by atoms with Gasteiger partial charge < -0.3 is 14.4 Å². The van der Waals surface area contributed by atoms with Gasteiger partial charge in [0.05, 0.1) is 7.11 Å². The summed E-state index contributed by atoms with van der Waals surface area (Å²) in [5, 5.41) is 19.5. The number of hydrogen-bond donors (Lipinski definition) is 1. The van der Waals surface area contributed by atoms with Crippen LogP contribution in [0.4, 0.5) is 0 Å². The summed E-state index contributed by atoms with van der Waals surface area (Å²) < 4.78 is 7.33. The number of rotatable bonds is 7. The molecule has 0 radical (unpaired) electrons. The molecular formula is C19H26N4O2S. The van der Waals surface area contributed by atoms with E-state index in [9.17, 15) is 5.11 Å². The van der Waals surface area contributed by atoms with Crippen molar-refractivity contribution in [2.24, 2.45) is 7.05 Å². The van der Waals surface area contributed by atoms with E-state index in [1.807, 2.05) is 25.3 Å². The van der Waals surface area contributed by atoms with Crippen LogP contribution >= 0.6 is 11.8 Å². The first kappa shape index (κ1) is 18.8. The Labute approximate surface area is 158 Å². The van der Waals surface area contributed by atoms with Crippen LogP contribution in [0.15, 0.2) is 36.0 Å². The Balaban J connectivity index is 1.68. The lowest BCUT2D eigenvalue weighted by Gasteiger charge is -2.32. The molecule has 1 atom stereocenters. The average molecular weight is 375 g/mol. The van der Waals surface area contributed by atoms with Crippen LogP contribution in [0, 0.1) is 0 Å². The molecule has 1 aromatic heterocycles. The number of methoxy groups -OCH3 is 1. The summed E-state index contributed by atoms with van der Waals surface area (Å²) in [4.78, 5) is 2.44. The molecule has 0 saturated carbocycles. The highest BCUT2D eigenvalue weighted by Gasteiger charge is 2.26. The van der Waals surface area contributed by atoms with Gasteiger partial charge in [-0.25, -0.2) is 0 Å². The molecule has 7 heteroatoms. The largest absolute Gasteiger partial charge is 0.504 e. The van der Waals surface area contributed by atoms with E-state index in [1.54, 1.807) is 24.9 Å². The van der Waals surface area contributed by atoms with Crippen molar-refractivity contribution in [2.75, 3.05) is 26.0 Å². The van der Waals surface area contributed by atoms with Crippen LogP contribution in [-0.2, 0) is 13.6 Å². The van der Waals surface area contributed by atoms with E-state index in [-0.39, 0.29) is 5.75 Å². The molecule has 1 unspecified atom stereocenters. The van der Waals surface area contributed by atoms with Crippen LogP contribution < -0.4 is 4.74 Å². The number of piperidine rings is 1. The van der Waals surface area contributed by atoms with Crippen molar-refractivity contribution in [3.63, 3.8) is 0 Å². The number of aromatic hydroxyl groups is 1. The zero-order chi connectivity index (χ0) is 18.5. The van der Waals surface area contributed by atoms with Crippen LogP contribution in [0.2, 0.25) is 0 Å². The smallest absolute Gasteiger partial charge is 0.191 e. The first-order chi connectivity index (χ1) is 12.6. The van der Waals surface area contributed by atoms with Gasteiger partial charge in [0.2, 0.25) is 0 Å². The summed E-state index contributed by atoms with van der Waals surface area (Å²) in [5.41, 5.74) is 1.14. The van der Waals surface area contributed by atoms with Crippen molar-refractivity contribution in [2.45, 2.75) is 30.5 Å². The Hall–Kier alpha value is -1.99. The number of ether oxygens (including phenoxy) is 1. The second-order valence-electron chi connectivity index (χ2n) is 6.58. The van der Waals surface area contributed by atoms with Crippen molar-refractivity contribution in [3.05, 3.63) is 42.2 Å². The topological polar surface area (TPSA) is 63.4 Å². The molecule has 1 N–H and O–H groups in total. The fourth-order valence-corrected chi connectivity index (χ4v) is 4.08. The Bertz CT molecular complexity index is 762. The molecule has 2 aromatic rings. The lowest BCUT2D eigenvalue weighted by molar-refractivity contribution is 0.194. The van der Waals surface area contributed by atoms with E-state index >= 15 is 0 Å². The molecule has 0 bridgehead atoms. The predicted molar refractivity (Wildman–Crippen MR) is 104 cm³/mol. The van der Waals surface area contributed by atoms with Gasteiger partial charge in [0.1, 0.15) is 5.82 Å². The number of phenolic OH excluding ortho intramolecular Hbond substituents is 1. The highest BCUT2D eigenvalue weighted by atomic mass is 32.2. The summed E-state index contributed by atoms with van der Waals surface area (Å²) in [6, 6.07) is 5.56. The van der Waals surface area contributed by atoms with Gasteiger partial charge in [0.15, 0.2) is 16.7 Å². The summed E-state index contributed by atoms with van der Waals surface area (Å²) in [6.07, 6.45) is 4.16. The van der Waals surface area contributed by atoms with Crippen LogP contribution in [0.1, 0.15) is 30.1 Å². The number of thioether (sulfide) groups is 1. The van der Waals surface area contributed by atoms with Crippen molar-refractivity contribution in [3.8, 4) is 11.5 Å². The quantitative estimate of drug-likeness (QED) is 0.593. The molecule has 1 aromatic carbocycles. The Kier molecular flexibility index (Phi) is 6.21. The maximum absolute atomic E-state index is 9.76. The van der Waals surface area contributed by atoms with Crippen molar-refractivity contribution in [1.82, 2.24) is 19.7 Å². The summed E-state index contributed by atoms with van der Waals surface area (Å²) in [5.74, 6) is 2.98. The zero-order valence-corrected chi connectivity index (χ0v) is 16.2. The Morgan fingerprint density at radius 3 is 3.04 bits per heavy atom. The molecular weight excluding hydrogens is 348 g/mol. The number of nitrogens with zero attached hydrogens (tertiary/aromatic N) is 4. The maximum Gasteiger partial charge on any atom is 0.191 e. The van der Waals surface area contributed by atoms with Gasteiger partial charge >= 0.3 is 0 Å². The predicted octanol–water partition coefficient (Wildman–Crippen LogP) is 3.19. The standard InChI is InChI=1S/C19H26N4O2S/c1-4-10-26-19-21-20-18(22(19)2)15-6-5-9-23(13-15)12-14-7-8-16(24)17(11-14)25-3/h4,7-8,11,15,24H,1,5-6,9-10,12-13H2,2-3H3. The Morgan fingerprint density at radius 2 is 2.27 bits per heavy atom. The molecule has 0 amide bonds. The first-order valence-corrected chi connectivity index (χ1v) is 9.82. The van der Waals surface area contributed by atoms with E-state index in [1.165, 1.54) is 0 Å². The molecule has 0 spiro atoms. The average Bonchev–Trinajstić information content (AvgIpc) is 3.02. The van der Waals surface area contributed by atoms with E-state index in [4.69, 9.17) is 4.74 Å². The second kappa shape index (κ2) is 8.60. The number of benzene rings is 1. The number of hydrogen-bond acceptors (Lipinski definition) is 6. The third kappa shape index (κ3) is 4.22. The van der Waals surface area contributed by atoms with E-state index in [0.29, 0.717) is 11.7 Å². The van der Waals surface area contributed by atoms with Crippen LogP contribution in [-0.4, -0.2) is 50.7 Å². The molecule has 26 heavy (non-hydrogen) atoms. The van der Waals surface area contributed by atoms with Crippen molar-refractivity contribution >= 4 is 11.8 Å². The Morgan fingerprint density at radius 1 is 1.42 bits per heavy atom. The summed E-state index contributed by atoms with van der Waals surface area (Å²) in [6.45, 7) is 6.62. The summed E-state index contributed by atoms with van der Waals surface area (Å²) in [7, 11) is 3.62. The molecule has 1 aliphatic heterocycles. The van der Waals surface area contributed by atoms with Gasteiger partial charge in [-0.1, -0.05) is 23.9 Å². The highest BCUT2D eigenvalue weighted by Crippen LogP contribution is 2.30. The van der Waals surface area contributed by atoms with Gasteiger partial charge in [-0.3, -0.25) is 4.90 Å². The molecule has 2 heterocycles. The number of likely N-dealkylation sites (tertiary alicyclic amines) is 1. The molecule has 0 aliphatic carbocycles. The van der Waals surface area contributed by atoms with Crippen molar-refractivity contribution in [1.29, 1.82) is 0 Å². The third-order valence-electron chi connectivity index (χ3n) is 4.72. The minimum Gasteiger partial charge on any atom is -0.504 e. The first-order valence-electron chi connectivity index (χ1n) is 8.83. The van der Waals surface area contributed by atoms with Crippen molar-refractivity contribution < 1.29 is 9.84 Å². The molecule has 1 saturated heterocycles. The summed E-state index contributed by atoms with van der Waals surface area (Å²) >= 11 is 1.66. The van der Waals surface area contributed by atoms with Gasteiger partial charge in [-0.2, -0.15) is 0 Å². The van der Waals surface area contributed by atoms with Gasteiger partial charge in [0.25, 0.3) is 0 Å². The van der Waals surface area contributed by atoms with E-state index < -0.39 is 0 Å². The SMILES string of the molecule is C=CCSc1nnc(C2CCCN(Cc3ccc(O)c(OC)c3)C2)n1C. The highest BCUT2D eigenvalue weighted by molar-refractivity contribution is 7.99. The molecule has 3 rings (SSSR count). The normalized spacial score (nSPS) is 18.0. The molecule has 6 nitrogen and oxygen atoms in total. The third-order valence-corrected chi connectivity index (χ3v) is 5.74. The second-order valence-corrected chi connectivity index (χ2v) is 7.57. The molecule has 1 aliphatic rings. The van der Waals surface area contributed by atoms with Crippen LogP contribution in [0.3, 0.4) is 0 Å². The lowest BCUT2D eigenvalue weighted by atomic mass is 9.96.